The largest absolute Gasteiger partial charge is 0.391 e. The highest BCUT2D eigenvalue weighted by Crippen LogP contribution is 2.32. The molecular formula is C12H18F3N5. The lowest BCUT2D eigenvalue weighted by molar-refractivity contribution is -0.141. The number of aryl methyl sites for hydroxylation is 2. The fourth-order valence-electron chi connectivity index (χ4n) is 2.49. The van der Waals surface area contributed by atoms with E-state index in [-0.39, 0.29) is 5.95 Å². The molecule has 2 aromatic heterocycles. The molecule has 5 nitrogen and oxygen atoms in total. The number of nitrogens with zero attached hydrogens (tertiary/aromatic N) is 4. The second-order valence-corrected chi connectivity index (χ2v) is 5.00. The van der Waals surface area contributed by atoms with Crippen LogP contribution in [0, 0.1) is 0 Å². The maximum Gasteiger partial charge on any atom is 0.391 e. The number of anilines is 1. The number of hydrogen-bond acceptors (Lipinski definition) is 3. The van der Waals surface area contributed by atoms with Gasteiger partial charge in [-0.15, -0.1) is 0 Å². The fraction of sp³-hybridized carbons (Fsp3) is 0.667. The summed E-state index contributed by atoms with van der Waals surface area (Å²) in [6.45, 7) is 3.49. The van der Waals surface area contributed by atoms with Crippen molar-refractivity contribution in [2.45, 2.75) is 45.3 Å². The summed E-state index contributed by atoms with van der Waals surface area (Å²) in [5.41, 5.74) is 7.71. The lowest BCUT2D eigenvalue weighted by Gasteiger charge is -2.17. The van der Waals surface area contributed by atoms with Gasteiger partial charge in [-0.2, -0.15) is 18.3 Å². The highest BCUT2D eigenvalue weighted by molar-refractivity contribution is 5.78. The maximum absolute atomic E-state index is 12.6. The Bertz CT molecular complexity index is 611. The number of alkyl halides is 3. The molecule has 0 radical (unpaired) electrons. The van der Waals surface area contributed by atoms with E-state index in [0.717, 1.165) is 18.5 Å². The predicted molar refractivity (Wildman–Crippen MR) is 70.3 cm³/mol. The van der Waals surface area contributed by atoms with E-state index in [1.807, 2.05) is 6.92 Å². The van der Waals surface area contributed by atoms with Gasteiger partial charge in [0.1, 0.15) is 5.52 Å². The number of aromatic nitrogens is 4. The standard InChI is InChI=1S/C12H18F3N5/c1-4-5-8-9-10(19(3)18-8)20(11(16)17-9)7(2)6-12(13,14)15/h7H,4-6H2,1-3H3,(H2,16,17). The molecule has 0 aromatic carbocycles. The Hall–Kier alpha value is -1.73. The zero-order valence-electron chi connectivity index (χ0n) is 11.7. The van der Waals surface area contributed by atoms with E-state index in [9.17, 15) is 13.2 Å². The summed E-state index contributed by atoms with van der Waals surface area (Å²) >= 11 is 0. The summed E-state index contributed by atoms with van der Waals surface area (Å²) in [5, 5.41) is 4.32. The van der Waals surface area contributed by atoms with Crippen molar-refractivity contribution >= 4 is 17.1 Å². The highest BCUT2D eigenvalue weighted by Gasteiger charge is 2.32. The van der Waals surface area contributed by atoms with Gasteiger partial charge in [0.2, 0.25) is 5.95 Å². The van der Waals surface area contributed by atoms with Gasteiger partial charge in [0, 0.05) is 13.1 Å². The van der Waals surface area contributed by atoms with Gasteiger partial charge in [-0.3, -0.25) is 9.25 Å². The van der Waals surface area contributed by atoms with Crippen LogP contribution in [0.5, 0.6) is 0 Å². The van der Waals surface area contributed by atoms with Crippen LogP contribution in [0.4, 0.5) is 19.1 Å². The Kier molecular flexibility index (Phi) is 3.66. The van der Waals surface area contributed by atoms with Crippen LogP contribution in [0.3, 0.4) is 0 Å². The summed E-state index contributed by atoms with van der Waals surface area (Å²) in [6, 6.07) is -0.815. The topological polar surface area (TPSA) is 61.7 Å². The van der Waals surface area contributed by atoms with Gasteiger partial charge in [0.25, 0.3) is 0 Å². The van der Waals surface area contributed by atoms with E-state index in [2.05, 4.69) is 10.1 Å². The van der Waals surface area contributed by atoms with E-state index >= 15 is 0 Å². The number of rotatable bonds is 4. The van der Waals surface area contributed by atoms with E-state index in [1.54, 1.807) is 11.7 Å². The molecule has 0 amide bonds. The van der Waals surface area contributed by atoms with Crippen LogP contribution in [0.1, 0.15) is 38.4 Å². The first-order valence-electron chi connectivity index (χ1n) is 6.50. The van der Waals surface area contributed by atoms with Gasteiger partial charge in [-0.1, -0.05) is 13.3 Å². The summed E-state index contributed by atoms with van der Waals surface area (Å²) in [6.07, 6.45) is -3.58. The van der Waals surface area contributed by atoms with Crippen molar-refractivity contribution in [3.8, 4) is 0 Å². The molecule has 2 rings (SSSR count). The number of nitrogens with two attached hydrogens (primary N) is 1. The van der Waals surface area contributed by atoms with E-state index in [0.29, 0.717) is 11.2 Å². The molecule has 0 aliphatic carbocycles. The lowest BCUT2D eigenvalue weighted by atomic mass is 10.2. The normalized spacial score (nSPS) is 14.1. The molecule has 0 saturated carbocycles. The first-order valence-corrected chi connectivity index (χ1v) is 6.50. The minimum atomic E-state index is -4.24. The van der Waals surface area contributed by atoms with Crippen LogP contribution in [0.2, 0.25) is 0 Å². The number of fused-ring (bicyclic) bond motifs is 1. The van der Waals surface area contributed by atoms with Gasteiger partial charge in [-0.25, -0.2) is 4.98 Å². The quantitative estimate of drug-likeness (QED) is 0.941. The van der Waals surface area contributed by atoms with Crippen LogP contribution in [-0.2, 0) is 13.5 Å². The molecule has 2 N–H and O–H groups in total. The summed E-state index contributed by atoms with van der Waals surface area (Å²) in [5.74, 6) is 0.0992. The van der Waals surface area contributed by atoms with Crippen molar-refractivity contribution in [2.24, 2.45) is 7.05 Å². The van der Waals surface area contributed by atoms with Crippen molar-refractivity contribution < 1.29 is 13.2 Å². The zero-order chi connectivity index (χ0) is 15.1. The zero-order valence-corrected chi connectivity index (χ0v) is 11.7. The van der Waals surface area contributed by atoms with E-state index < -0.39 is 18.6 Å². The SMILES string of the molecule is CCCc1nn(C)c2c1nc(N)n2C(C)CC(F)(F)F. The monoisotopic (exact) mass is 289 g/mol. The molecule has 0 aliphatic heterocycles. The predicted octanol–water partition coefficient (Wildman–Crippen LogP) is 2.82. The van der Waals surface area contributed by atoms with Crippen LogP contribution in [0.25, 0.3) is 11.2 Å². The third-order valence-electron chi connectivity index (χ3n) is 3.22. The molecule has 2 heterocycles. The lowest BCUT2D eigenvalue weighted by Crippen LogP contribution is -2.19. The third kappa shape index (κ3) is 2.59. The van der Waals surface area contributed by atoms with Crippen LogP contribution >= 0.6 is 0 Å². The second kappa shape index (κ2) is 4.99. The molecule has 1 atom stereocenters. The molecule has 2 aromatic rings. The van der Waals surface area contributed by atoms with Gasteiger partial charge in [-0.05, 0) is 13.3 Å². The molecule has 20 heavy (non-hydrogen) atoms. The summed E-state index contributed by atoms with van der Waals surface area (Å²) < 4.78 is 40.6. The van der Waals surface area contributed by atoms with Crippen LogP contribution < -0.4 is 5.73 Å². The fourth-order valence-corrected chi connectivity index (χ4v) is 2.49. The number of hydrogen-bond donors (Lipinski definition) is 1. The Morgan fingerprint density at radius 1 is 1.35 bits per heavy atom. The Morgan fingerprint density at radius 3 is 2.55 bits per heavy atom. The van der Waals surface area contributed by atoms with Crippen molar-refractivity contribution in [1.82, 2.24) is 19.3 Å². The first-order chi connectivity index (χ1) is 9.24. The van der Waals surface area contributed by atoms with Gasteiger partial charge in [0.15, 0.2) is 5.65 Å². The minimum absolute atomic E-state index is 0.0992. The van der Waals surface area contributed by atoms with Crippen LogP contribution in [0.15, 0.2) is 0 Å². The second-order valence-electron chi connectivity index (χ2n) is 5.00. The van der Waals surface area contributed by atoms with E-state index in [1.165, 1.54) is 11.5 Å². The van der Waals surface area contributed by atoms with Gasteiger partial charge in [0.05, 0.1) is 12.1 Å². The number of halogens is 3. The van der Waals surface area contributed by atoms with E-state index in [4.69, 9.17) is 5.73 Å². The van der Waals surface area contributed by atoms with Crippen molar-refractivity contribution in [3.63, 3.8) is 0 Å². The molecule has 112 valence electrons. The van der Waals surface area contributed by atoms with Crippen LogP contribution in [-0.4, -0.2) is 25.5 Å². The first kappa shape index (κ1) is 14.7. The Balaban J connectivity index is 2.50. The highest BCUT2D eigenvalue weighted by atomic mass is 19.4. The Morgan fingerprint density at radius 2 is 2.00 bits per heavy atom. The molecular weight excluding hydrogens is 271 g/mol. The molecule has 0 spiro atoms. The summed E-state index contributed by atoms with van der Waals surface area (Å²) in [4.78, 5) is 4.19. The average molecular weight is 289 g/mol. The molecule has 0 aliphatic rings. The smallest absolute Gasteiger partial charge is 0.369 e. The van der Waals surface area contributed by atoms with Crippen molar-refractivity contribution in [2.75, 3.05) is 5.73 Å². The maximum atomic E-state index is 12.6. The molecule has 0 bridgehead atoms. The van der Waals surface area contributed by atoms with Crippen molar-refractivity contribution in [3.05, 3.63) is 5.69 Å². The van der Waals surface area contributed by atoms with Gasteiger partial charge >= 0.3 is 6.18 Å². The third-order valence-corrected chi connectivity index (χ3v) is 3.22. The molecule has 8 heteroatoms. The van der Waals surface area contributed by atoms with Gasteiger partial charge < -0.3 is 5.73 Å². The molecule has 0 fully saturated rings. The average Bonchev–Trinajstić information content (AvgIpc) is 2.76. The van der Waals surface area contributed by atoms with Crippen molar-refractivity contribution in [1.29, 1.82) is 0 Å². The minimum Gasteiger partial charge on any atom is -0.369 e. The number of nitrogen functional groups attached to an aromatic ring is 1. The Labute approximate surface area is 114 Å². The number of imidazole rings is 1. The molecule has 0 saturated heterocycles. The molecule has 1 unspecified atom stereocenters. The summed E-state index contributed by atoms with van der Waals surface area (Å²) in [7, 11) is 1.69.